The van der Waals surface area contributed by atoms with Gasteiger partial charge in [-0.2, -0.15) is 0 Å². The highest BCUT2D eigenvalue weighted by Gasteiger charge is 2.78. The molecule has 5 rings (SSSR count). The average molecular weight is 515 g/mol. The second-order valence-electron chi connectivity index (χ2n) is 12.2. The van der Waals surface area contributed by atoms with E-state index < -0.39 is 64.5 Å². The molecule has 200 valence electrons. The van der Waals surface area contributed by atoms with E-state index in [2.05, 4.69) is 20.4 Å². The minimum Gasteiger partial charge on any atom is -0.465 e. The number of ether oxygens (including phenoxy) is 2. The van der Waals surface area contributed by atoms with E-state index in [1.165, 1.54) is 19.1 Å². The van der Waals surface area contributed by atoms with Gasteiger partial charge in [-0.3, -0.25) is 9.59 Å². The Bertz CT molecular complexity index is 1140. The molecule has 0 heterocycles. The van der Waals surface area contributed by atoms with Gasteiger partial charge >= 0.3 is 11.9 Å². The number of halogens is 1. The molecule has 0 aliphatic heterocycles. The van der Waals surface area contributed by atoms with E-state index >= 15 is 0 Å². The van der Waals surface area contributed by atoms with Gasteiger partial charge in [-0.15, -0.1) is 0 Å². The number of carbonyl (C=O) groups excluding carboxylic acids is 3. The fraction of sp³-hybridized carbons (Fsp3) is 0.621. The van der Waals surface area contributed by atoms with Crippen LogP contribution in [0.5, 0.6) is 0 Å². The van der Waals surface area contributed by atoms with Crippen molar-refractivity contribution in [2.24, 2.45) is 34.0 Å². The highest BCUT2D eigenvalue weighted by Crippen LogP contribution is 2.71. The van der Waals surface area contributed by atoms with Gasteiger partial charge in [-0.1, -0.05) is 26.8 Å². The van der Waals surface area contributed by atoms with E-state index in [9.17, 15) is 29.0 Å². The van der Waals surface area contributed by atoms with Crippen molar-refractivity contribution >= 4 is 17.7 Å². The lowest BCUT2D eigenvalue weighted by Crippen LogP contribution is -2.72. The van der Waals surface area contributed by atoms with E-state index in [1.54, 1.807) is 0 Å². The molecule has 0 radical (unpaired) electrons. The molecule has 4 fully saturated rings. The van der Waals surface area contributed by atoms with Crippen LogP contribution in [0.1, 0.15) is 63.2 Å². The zero-order valence-corrected chi connectivity index (χ0v) is 21.5. The van der Waals surface area contributed by atoms with Gasteiger partial charge in [0.1, 0.15) is 17.3 Å². The number of benzene rings is 1. The number of hydrogen-bond donors (Lipinski definition) is 2. The summed E-state index contributed by atoms with van der Waals surface area (Å²) < 4.78 is 25.1. The average Bonchev–Trinajstić information content (AvgIpc) is 2.96. The number of esters is 2. The number of rotatable bonds is 4. The summed E-state index contributed by atoms with van der Waals surface area (Å²) in [6, 6.07) is 4.92. The van der Waals surface area contributed by atoms with Crippen LogP contribution in [-0.2, 0) is 19.1 Å². The van der Waals surface area contributed by atoms with E-state index in [0.29, 0.717) is 6.42 Å². The Kier molecular flexibility index (Phi) is 6.15. The number of aliphatic hydroxyl groups is 2. The van der Waals surface area contributed by atoms with E-state index in [4.69, 9.17) is 9.47 Å². The van der Waals surface area contributed by atoms with Crippen molar-refractivity contribution in [2.45, 2.75) is 71.2 Å². The molecule has 0 saturated heterocycles. The number of aliphatic hydroxyl groups excluding tert-OH is 2. The summed E-state index contributed by atoms with van der Waals surface area (Å²) >= 11 is 0. The molecule has 1 aromatic carbocycles. The largest absolute Gasteiger partial charge is 0.465 e. The molecule has 37 heavy (non-hydrogen) atoms. The zero-order chi connectivity index (χ0) is 26.9. The van der Waals surface area contributed by atoms with Gasteiger partial charge < -0.3 is 19.7 Å². The SMILES string of the molecule is C=C1C(=O)[C@@]23[C@H](O)C[C@@H]4C(C)(C)CCC[C@@]4(COC(C)=O)[C@@H]2[C@@H](O)C[C@H]1[C@H]3OC(=O)c1ccc(F)cc1. The summed E-state index contributed by atoms with van der Waals surface area (Å²) in [5.74, 6) is -3.69. The number of Topliss-reactive ketones (excluding diaryl/α,β-unsaturated/α-hetero) is 1. The first-order chi connectivity index (χ1) is 17.4. The Morgan fingerprint density at radius 2 is 1.81 bits per heavy atom. The molecule has 2 bridgehead atoms. The zero-order valence-electron chi connectivity index (χ0n) is 21.5. The van der Waals surface area contributed by atoms with Crippen LogP contribution in [0.15, 0.2) is 36.4 Å². The Labute approximate surface area is 216 Å². The quantitative estimate of drug-likeness (QED) is 0.467. The van der Waals surface area contributed by atoms with Crippen LogP contribution in [0.3, 0.4) is 0 Å². The minimum atomic E-state index is -1.61. The summed E-state index contributed by atoms with van der Waals surface area (Å²) in [4.78, 5) is 39.2. The number of fused-ring (bicyclic) bond motifs is 3. The molecule has 2 N–H and O–H groups in total. The molecular weight excluding hydrogens is 479 g/mol. The third-order valence-electron chi connectivity index (χ3n) is 9.95. The Balaban J connectivity index is 1.64. The summed E-state index contributed by atoms with van der Waals surface area (Å²) in [5, 5.41) is 23.5. The number of ketones is 1. The predicted octanol–water partition coefficient (Wildman–Crippen LogP) is 3.61. The van der Waals surface area contributed by atoms with Crippen molar-refractivity contribution in [3.8, 4) is 0 Å². The van der Waals surface area contributed by atoms with Gasteiger partial charge in [0.2, 0.25) is 0 Å². The van der Waals surface area contributed by atoms with Crippen molar-refractivity contribution in [1.29, 1.82) is 0 Å². The molecule has 4 aliphatic rings. The van der Waals surface area contributed by atoms with Gasteiger partial charge in [-0.25, -0.2) is 9.18 Å². The van der Waals surface area contributed by atoms with E-state index in [-0.39, 0.29) is 41.9 Å². The van der Waals surface area contributed by atoms with Gasteiger partial charge in [0.05, 0.1) is 24.4 Å². The Morgan fingerprint density at radius 1 is 1.14 bits per heavy atom. The molecule has 1 spiro atoms. The summed E-state index contributed by atoms with van der Waals surface area (Å²) in [5.41, 5.74) is -2.30. The number of hydrogen-bond acceptors (Lipinski definition) is 7. The van der Waals surface area contributed by atoms with Crippen molar-refractivity contribution < 1.29 is 38.5 Å². The highest BCUT2D eigenvalue weighted by molar-refractivity contribution is 6.05. The van der Waals surface area contributed by atoms with Gasteiger partial charge in [0.25, 0.3) is 0 Å². The molecule has 4 aliphatic carbocycles. The first kappa shape index (κ1) is 26.0. The minimum absolute atomic E-state index is 0.00960. The molecular formula is C29H35FO7. The monoisotopic (exact) mass is 514 g/mol. The van der Waals surface area contributed by atoms with Crippen LogP contribution in [0.2, 0.25) is 0 Å². The van der Waals surface area contributed by atoms with Gasteiger partial charge in [-0.05, 0) is 66.9 Å². The third kappa shape index (κ3) is 3.62. The topological polar surface area (TPSA) is 110 Å². The van der Waals surface area contributed by atoms with Crippen LogP contribution < -0.4 is 0 Å². The fourth-order valence-electron chi connectivity index (χ4n) is 8.59. The molecule has 0 unspecified atom stereocenters. The van der Waals surface area contributed by atoms with Crippen LogP contribution >= 0.6 is 0 Å². The van der Waals surface area contributed by atoms with Crippen LogP contribution in [0.4, 0.5) is 4.39 Å². The molecule has 1 aromatic rings. The molecule has 4 saturated carbocycles. The lowest BCUT2D eigenvalue weighted by Gasteiger charge is -2.66. The third-order valence-corrected chi connectivity index (χ3v) is 9.95. The predicted molar refractivity (Wildman–Crippen MR) is 131 cm³/mol. The van der Waals surface area contributed by atoms with Crippen LogP contribution in [0.25, 0.3) is 0 Å². The first-order valence-corrected chi connectivity index (χ1v) is 13.1. The van der Waals surface area contributed by atoms with E-state index in [1.807, 2.05) is 0 Å². The van der Waals surface area contributed by atoms with E-state index in [0.717, 1.165) is 25.0 Å². The van der Waals surface area contributed by atoms with Crippen molar-refractivity contribution in [1.82, 2.24) is 0 Å². The lowest BCUT2D eigenvalue weighted by molar-refractivity contribution is -0.264. The van der Waals surface area contributed by atoms with Gasteiger partial charge in [0, 0.05) is 24.2 Å². The summed E-state index contributed by atoms with van der Waals surface area (Å²) in [6.45, 7) is 9.57. The molecule has 0 amide bonds. The Hall–Kier alpha value is -2.58. The second-order valence-corrected chi connectivity index (χ2v) is 12.2. The maximum Gasteiger partial charge on any atom is 0.338 e. The summed E-state index contributed by atoms with van der Waals surface area (Å²) in [7, 11) is 0. The molecule has 0 aromatic heterocycles. The maximum absolute atomic E-state index is 14.1. The maximum atomic E-state index is 14.1. The summed E-state index contributed by atoms with van der Waals surface area (Å²) in [6.07, 6.45) is -0.542. The Morgan fingerprint density at radius 3 is 2.46 bits per heavy atom. The lowest BCUT2D eigenvalue weighted by atomic mass is 9.39. The number of carbonyl (C=O) groups is 3. The van der Waals surface area contributed by atoms with Crippen LogP contribution in [0, 0.1) is 39.8 Å². The molecule has 7 nitrogen and oxygen atoms in total. The van der Waals surface area contributed by atoms with Crippen molar-refractivity contribution in [3.05, 3.63) is 47.8 Å². The highest BCUT2D eigenvalue weighted by atomic mass is 19.1. The van der Waals surface area contributed by atoms with Crippen molar-refractivity contribution in [2.75, 3.05) is 6.61 Å². The van der Waals surface area contributed by atoms with Crippen LogP contribution in [-0.4, -0.2) is 52.9 Å². The second kappa shape index (κ2) is 8.73. The standard InChI is InChI=1S/C29H35FO7/c1-15-19-12-20(32)23-28(14-36-16(2)31)11-5-10-27(3,4)21(28)13-22(33)29(23,24(15)34)25(19)37-26(35)17-6-8-18(30)9-7-17/h6-9,19-23,25,32-33H,1,5,10-14H2,2-4H3/t19-,20+,21-,22-,23+,25-,28+,29-/m1/s1. The fourth-order valence-corrected chi connectivity index (χ4v) is 8.59. The van der Waals surface area contributed by atoms with Gasteiger partial charge in [0.15, 0.2) is 5.78 Å². The molecule has 8 heteroatoms. The molecule has 8 atom stereocenters. The smallest absolute Gasteiger partial charge is 0.338 e. The van der Waals surface area contributed by atoms with Crippen molar-refractivity contribution in [3.63, 3.8) is 0 Å². The normalized spacial score (nSPS) is 39.9. The first-order valence-electron chi connectivity index (χ1n) is 13.1.